The monoisotopic (exact) mass is 186 g/mol. The first kappa shape index (κ1) is 10.2. The molecule has 0 aromatic heterocycles. The molecule has 74 valence electrons. The van der Waals surface area contributed by atoms with Crippen molar-refractivity contribution in [3.05, 3.63) is 12.2 Å². The third-order valence-corrected chi connectivity index (χ3v) is 2.13. The van der Waals surface area contributed by atoms with Gasteiger partial charge in [0.1, 0.15) is 6.10 Å². The second kappa shape index (κ2) is 4.39. The van der Waals surface area contributed by atoms with Gasteiger partial charge in [-0.05, 0) is 12.5 Å². The molecule has 13 heavy (non-hydrogen) atoms. The number of ether oxygens (including phenoxy) is 1. The average Bonchev–Trinajstić information content (AvgIpc) is 2.03. The van der Waals surface area contributed by atoms with Crippen LogP contribution in [0.3, 0.4) is 0 Å². The molecule has 4 heteroatoms. The zero-order valence-electron chi connectivity index (χ0n) is 7.51. The van der Waals surface area contributed by atoms with Crippen molar-refractivity contribution in [2.24, 2.45) is 5.92 Å². The Hall–Kier alpha value is -0.870. The van der Waals surface area contributed by atoms with Crippen LogP contribution in [0, 0.1) is 5.92 Å². The Morgan fingerprint density at radius 1 is 1.69 bits per heavy atom. The Balaban J connectivity index is 2.63. The molecule has 0 spiro atoms. The first-order valence-electron chi connectivity index (χ1n) is 4.28. The molecular formula is C9H14O4. The van der Waals surface area contributed by atoms with E-state index in [0.717, 1.165) is 0 Å². The largest absolute Gasteiger partial charge is 0.458 e. The number of carbonyl (C=O) groups is 1. The topological polar surface area (TPSA) is 66.8 Å². The SMILES string of the molecule is CC(=O)OC1C=CCC(O)C1CO. The van der Waals surface area contributed by atoms with Gasteiger partial charge < -0.3 is 14.9 Å². The predicted molar refractivity (Wildman–Crippen MR) is 45.9 cm³/mol. The van der Waals surface area contributed by atoms with E-state index >= 15 is 0 Å². The van der Waals surface area contributed by atoms with Gasteiger partial charge in [0, 0.05) is 12.8 Å². The lowest BCUT2D eigenvalue weighted by atomic mass is 9.89. The van der Waals surface area contributed by atoms with E-state index in [4.69, 9.17) is 9.84 Å². The maximum atomic E-state index is 10.7. The van der Waals surface area contributed by atoms with Crippen molar-refractivity contribution in [3.8, 4) is 0 Å². The minimum absolute atomic E-state index is 0.177. The molecule has 1 aliphatic carbocycles. The molecule has 0 saturated heterocycles. The van der Waals surface area contributed by atoms with Crippen molar-refractivity contribution in [2.75, 3.05) is 6.61 Å². The Morgan fingerprint density at radius 3 is 2.92 bits per heavy atom. The van der Waals surface area contributed by atoms with Gasteiger partial charge in [-0.2, -0.15) is 0 Å². The van der Waals surface area contributed by atoms with Gasteiger partial charge in [0.2, 0.25) is 0 Å². The van der Waals surface area contributed by atoms with E-state index < -0.39 is 24.1 Å². The summed E-state index contributed by atoms with van der Waals surface area (Å²) in [5, 5.41) is 18.4. The molecule has 0 radical (unpaired) electrons. The van der Waals surface area contributed by atoms with Crippen LogP contribution in [0.15, 0.2) is 12.2 Å². The lowest BCUT2D eigenvalue weighted by molar-refractivity contribution is -0.149. The highest BCUT2D eigenvalue weighted by Crippen LogP contribution is 2.21. The normalized spacial score (nSPS) is 33.0. The van der Waals surface area contributed by atoms with Gasteiger partial charge in [-0.25, -0.2) is 0 Å². The molecule has 0 amide bonds. The molecule has 1 rings (SSSR count). The molecule has 2 N–H and O–H groups in total. The van der Waals surface area contributed by atoms with Crippen LogP contribution in [-0.2, 0) is 9.53 Å². The van der Waals surface area contributed by atoms with Crippen LogP contribution in [-0.4, -0.2) is 35.0 Å². The highest BCUT2D eigenvalue weighted by molar-refractivity contribution is 5.66. The van der Waals surface area contributed by atoms with Gasteiger partial charge in [0.05, 0.1) is 12.7 Å². The van der Waals surface area contributed by atoms with Crippen molar-refractivity contribution in [3.63, 3.8) is 0 Å². The Bertz CT molecular complexity index is 212. The van der Waals surface area contributed by atoms with Crippen LogP contribution in [0.4, 0.5) is 0 Å². The summed E-state index contributed by atoms with van der Waals surface area (Å²) < 4.78 is 4.92. The molecule has 1 aliphatic rings. The van der Waals surface area contributed by atoms with Crippen LogP contribution >= 0.6 is 0 Å². The first-order valence-corrected chi connectivity index (χ1v) is 4.28. The smallest absolute Gasteiger partial charge is 0.303 e. The minimum Gasteiger partial charge on any atom is -0.458 e. The van der Waals surface area contributed by atoms with Gasteiger partial charge in [-0.3, -0.25) is 4.79 Å². The number of rotatable bonds is 2. The third-order valence-electron chi connectivity index (χ3n) is 2.13. The van der Waals surface area contributed by atoms with Crippen molar-refractivity contribution in [2.45, 2.75) is 25.6 Å². The van der Waals surface area contributed by atoms with Crippen LogP contribution in [0.2, 0.25) is 0 Å². The lowest BCUT2D eigenvalue weighted by Crippen LogP contribution is -2.38. The molecule has 0 aromatic carbocycles. The molecule has 3 atom stereocenters. The maximum absolute atomic E-state index is 10.7. The molecule has 3 unspecified atom stereocenters. The second-order valence-corrected chi connectivity index (χ2v) is 3.15. The van der Waals surface area contributed by atoms with Crippen LogP contribution in [0.1, 0.15) is 13.3 Å². The predicted octanol–water partition coefficient (Wildman–Crippen LogP) is -0.153. The quantitative estimate of drug-likeness (QED) is 0.465. The summed E-state index contributed by atoms with van der Waals surface area (Å²) in [7, 11) is 0. The number of aliphatic hydroxyl groups excluding tert-OH is 2. The Morgan fingerprint density at radius 2 is 2.38 bits per heavy atom. The average molecular weight is 186 g/mol. The fourth-order valence-electron chi connectivity index (χ4n) is 1.43. The minimum atomic E-state index is -0.626. The van der Waals surface area contributed by atoms with Gasteiger partial charge in [0.25, 0.3) is 0 Å². The number of esters is 1. The fourth-order valence-corrected chi connectivity index (χ4v) is 1.43. The summed E-state index contributed by atoms with van der Waals surface area (Å²) in [5.41, 5.74) is 0. The van der Waals surface area contributed by atoms with E-state index in [1.807, 2.05) is 0 Å². The zero-order valence-corrected chi connectivity index (χ0v) is 7.51. The van der Waals surface area contributed by atoms with E-state index in [-0.39, 0.29) is 6.61 Å². The first-order chi connectivity index (χ1) is 6.15. The number of carbonyl (C=O) groups excluding carboxylic acids is 1. The van der Waals surface area contributed by atoms with E-state index in [1.54, 1.807) is 12.2 Å². The zero-order chi connectivity index (χ0) is 9.84. The molecule has 0 aromatic rings. The molecule has 0 heterocycles. The summed E-state index contributed by atoms with van der Waals surface area (Å²) in [4.78, 5) is 10.7. The summed E-state index contributed by atoms with van der Waals surface area (Å²) in [6.45, 7) is 1.13. The van der Waals surface area contributed by atoms with Crippen molar-refractivity contribution < 1.29 is 19.7 Å². The van der Waals surface area contributed by atoms with Crippen molar-refractivity contribution >= 4 is 5.97 Å². The van der Waals surface area contributed by atoms with E-state index in [0.29, 0.717) is 6.42 Å². The summed E-state index contributed by atoms with van der Waals surface area (Å²) in [6.07, 6.45) is 2.84. The van der Waals surface area contributed by atoms with Gasteiger partial charge in [-0.1, -0.05) is 6.08 Å². The molecular weight excluding hydrogens is 172 g/mol. The van der Waals surface area contributed by atoms with Gasteiger partial charge in [-0.15, -0.1) is 0 Å². The fraction of sp³-hybridized carbons (Fsp3) is 0.667. The number of hydrogen-bond acceptors (Lipinski definition) is 4. The lowest BCUT2D eigenvalue weighted by Gasteiger charge is -2.29. The van der Waals surface area contributed by atoms with Crippen LogP contribution in [0.5, 0.6) is 0 Å². The number of aliphatic hydroxyl groups is 2. The van der Waals surface area contributed by atoms with E-state index in [9.17, 15) is 9.90 Å². The van der Waals surface area contributed by atoms with Gasteiger partial charge in [0.15, 0.2) is 0 Å². The standard InChI is InChI=1S/C9H14O4/c1-6(11)13-9-4-2-3-8(12)7(9)5-10/h2,4,7-10,12H,3,5H2,1H3. The molecule has 0 bridgehead atoms. The van der Waals surface area contributed by atoms with Crippen molar-refractivity contribution in [1.82, 2.24) is 0 Å². The third kappa shape index (κ3) is 2.54. The number of hydrogen-bond donors (Lipinski definition) is 2. The Kier molecular flexibility index (Phi) is 3.45. The van der Waals surface area contributed by atoms with Gasteiger partial charge >= 0.3 is 5.97 Å². The highest BCUT2D eigenvalue weighted by Gasteiger charge is 2.30. The molecule has 0 saturated carbocycles. The molecule has 0 fully saturated rings. The van der Waals surface area contributed by atoms with Crippen LogP contribution < -0.4 is 0 Å². The maximum Gasteiger partial charge on any atom is 0.303 e. The summed E-state index contributed by atoms with van der Waals surface area (Å²) >= 11 is 0. The molecule has 0 aliphatic heterocycles. The molecule has 4 nitrogen and oxygen atoms in total. The van der Waals surface area contributed by atoms with E-state index in [1.165, 1.54) is 6.92 Å². The second-order valence-electron chi connectivity index (χ2n) is 3.15. The summed E-state index contributed by atoms with van der Waals surface area (Å²) in [6, 6.07) is 0. The summed E-state index contributed by atoms with van der Waals surface area (Å²) in [5.74, 6) is -0.795. The van der Waals surface area contributed by atoms with Crippen LogP contribution in [0.25, 0.3) is 0 Å². The van der Waals surface area contributed by atoms with Crippen molar-refractivity contribution in [1.29, 1.82) is 0 Å². The van der Waals surface area contributed by atoms with E-state index in [2.05, 4.69) is 0 Å². The highest BCUT2D eigenvalue weighted by atomic mass is 16.5. The Labute approximate surface area is 76.8 Å².